The lowest BCUT2D eigenvalue weighted by Crippen LogP contribution is -2.30. The predicted molar refractivity (Wildman–Crippen MR) is 78.1 cm³/mol. The average Bonchev–Trinajstić information content (AvgIpc) is 2.38. The van der Waals surface area contributed by atoms with Gasteiger partial charge in [0.25, 0.3) is 0 Å². The lowest BCUT2D eigenvalue weighted by molar-refractivity contribution is 0.445. The van der Waals surface area contributed by atoms with Gasteiger partial charge in [-0.1, -0.05) is 32.4 Å². The van der Waals surface area contributed by atoms with E-state index in [9.17, 15) is 8.42 Å². The van der Waals surface area contributed by atoms with Crippen LogP contribution in [-0.4, -0.2) is 37.3 Å². The molecule has 0 aliphatic rings. The molecule has 0 aliphatic carbocycles. The van der Waals surface area contributed by atoms with Gasteiger partial charge in [0.2, 0.25) is 10.0 Å². The van der Waals surface area contributed by atoms with Gasteiger partial charge >= 0.3 is 0 Å². The molecule has 0 amide bonds. The summed E-state index contributed by atoms with van der Waals surface area (Å²) in [5.74, 6) is 0.516. The number of nitrogens with one attached hydrogen (secondary N) is 1. The van der Waals surface area contributed by atoms with E-state index in [0.29, 0.717) is 23.9 Å². The zero-order valence-corrected chi connectivity index (χ0v) is 13.1. The van der Waals surface area contributed by atoms with Crippen LogP contribution in [0.1, 0.15) is 27.2 Å². The summed E-state index contributed by atoms with van der Waals surface area (Å²) in [5.41, 5.74) is 0. The van der Waals surface area contributed by atoms with Crippen LogP contribution in [0, 0.1) is 0 Å². The van der Waals surface area contributed by atoms with Crippen molar-refractivity contribution in [3.8, 4) is 0 Å². The first-order chi connectivity index (χ1) is 8.97. The van der Waals surface area contributed by atoms with Crippen molar-refractivity contribution in [2.75, 3.05) is 25.0 Å². The molecule has 7 heteroatoms. The zero-order valence-electron chi connectivity index (χ0n) is 11.5. The van der Waals surface area contributed by atoms with Gasteiger partial charge < -0.3 is 5.32 Å². The van der Waals surface area contributed by atoms with Gasteiger partial charge in [0.05, 0.1) is 5.02 Å². The summed E-state index contributed by atoms with van der Waals surface area (Å²) in [5, 5.41) is 3.37. The Kier molecular flexibility index (Phi) is 6.03. The minimum atomic E-state index is -3.50. The highest BCUT2D eigenvalue weighted by atomic mass is 35.5. The SMILES string of the molecule is CCCNc1ncc(S(=O)(=O)N(CC)CC)cc1Cl. The molecule has 0 saturated heterocycles. The van der Waals surface area contributed by atoms with Gasteiger partial charge in [-0.2, -0.15) is 4.31 Å². The summed E-state index contributed by atoms with van der Waals surface area (Å²) in [7, 11) is -3.50. The van der Waals surface area contributed by atoms with Gasteiger partial charge in [-0.15, -0.1) is 0 Å². The van der Waals surface area contributed by atoms with Crippen LogP contribution in [0.15, 0.2) is 17.2 Å². The van der Waals surface area contributed by atoms with Crippen LogP contribution in [0.2, 0.25) is 5.02 Å². The Hall–Kier alpha value is -0.850. The first kappa shape index (κ1) is 16.2. The Balaban J connectivity index is 3.06. The molecule has 0 spiro atoms. The van der Waals surface area contributed by atoms with Crippen molar-refractivity contribution in [1.29, 1.82) is 0 Å². The number of hydrogen-bond acceptors (Lipinski definition) is 4. The van der Waals surface area contributed by atoms with Crippen molar-refractivity contribution >= 4 is 27.4 Å². The summed E-state index contributed by atoms with van der Waals surface area (Å²) in [6.07, 6.45) is 2.29. The molecule has 0 aromatic carbocycles. The highest BCUT2D eigenvalue weighted by molar-refractivity contribution is 7.89. The quantitative estimate of drug-likeness (QED) is 0.841. The molecule has 0 fully saturated rings. The highest BCUT2D eigenvalue weighted by Crippen LogP contribution is 2.24. The average molecular weight is 306 g/mol. The van der Waals surface area contributed by atoms with Gasteiger partial charge in [-0.3, -0.25) is 0 Å². The molecule has 19 heavy (non-hydrogen) atoms. The Morgan fingerprint density at radius 2 is 1.95 bits per heavy atom. The smallest absolute Gasteiger partial charge is 0.244 e. The third-order valence-corrected chi connectivity index (χ3v) is 5.01. The second-order valence-electron chi connectivity index (χ2n) is 4.02. The van der Waals surface area contributed by atoms with E-state index in [1.165, 1.54) is 16.6 Å². The monoisotopic (exact) mass is 305 g/mol. The lowest BCUT2D eigenvalue weighted by atomic mass is 10.4. The third kappa shape index (κ3) is 3.81. The van der Waals surface area contributed by atoms with Crippen molar-refractivity contribution in [2.24, 2.45) is 0 Å². The lowest BCUT2D eigenvalue weighted by Gasteiger charge is -2.18. The van der Waals surface area contributed by atoms with Crippen LogP contribution in [0.25, 0.3) is 0 Å². The molecule has 5 nitrogen and oxygen atoms in total. The fourth-order valence-electron chi connectivity index (χ4n) is 1.65. The molecule has 0 bridgehead atoms. The molecule has 108 valence electrons. The molecular formula is C12H20ClN3O2S. The van der Waals surface area contributed by atoms with Gasteiger partial charge in [-0.05, 0) is 12.5 Å². The fraction of sp³-hybridized carbons (Fsp3) is 0.583. The Morgan fingerprint density at radius 1 is 1.32 bits per heavy atom. The normalized spacial score (nSPS) is 11.8. The van der Waals surface area contributed by atoms with Crippen LogP contribution in [0.4, 0.5) is 5.82 Å². The second-order valence-corrected chi connectivity index (χ2v) is 6.36. The van der Waals surface area contributed by atoms with Crippen LogP contribution < -0.4 is 5.32 Å². The second kappa shape index (κ2) is 7.07. The minimum absolute atomic E-state index is 0.128. The van der Waals surface area contributed by atoms with Crippen LogP contribution in [-0.2, 0) is 10.0 Å². The zero-order chi connectivity index (χ0) is 14.5. The van der Waals surface area contributed by atoms with Crippen molar-refractivity contribution in [3.63, 3.8) is 0 Å². The minimum Gasteiger partial charge on any atom is -0.369 e. The molecule has 1 aromatic heterocycles. The predicted octanol–water partition coefficient (Wildman–Crippen LogP) is 2.59. The van der Waals surface area contributed by atoms with Gasteiger partial charge in [0.1, 0.15) is 10.7 Å². The van der Waals surface area contributed by atoms with Crippen molar-refractivity contribution in [1.82, 2.24) is 9.29 Å². The molecule has 1 heterocycles. The van der Waals surface area contributed by atoms with E-state index in [0.717, 1.165) is 13.0 Å². The summed E-state index contributed by atoms with van der Waals surface area (Å²) < 4.78 is 25.9. The first-order valence-corrected chi connectivity index (χ1v) is 8.18. The standard InChI is InChI=1S/C12H20ClN3O2S/c1-4-7-14-12-11(13)8-10(9-15-12)19(17,18)16(5-2)6-3/h8-9H,4-7H2,1-3H3,(H,14,15). The van der Waals surface area contributed by atoms with Crippen molar-refractivity contribution in [2.45, 2.75) is 32.1 Å². The number of pyridine rings is 1. The summed E-state index contributed by atoms with van der Waals surface area (Å²) >= 11 is 6.05. The van der Waals surface area contributed by atoms with Gasteiger partial charge in [0, 0.05) is 25.8 Å². The Bertz CT molecular complexity index is 516. The van der Waals surface area contributed by atoms with E-state index in [4.69, 9.17) is 11.6 Å². The molecule has 0 atom stereocenters. The van der Waals surface area contributed by atoms with Crippen LogP contribution >= 0.6 is 11.6 Å². The molecule has 0 radical (unpaired) electrons. The number of halogens is 1. The van der Waals surface area contributed by atoms with E-state index in [2.05, 4.69) is 10.3 Å². The molecule has 0 unspecified atom stereocenters. The highest BCUT2D eigenvalue weighted by Gasteiger charge is 2.22. The van der Waals surface area contributed by atoms with E-state index in [-0.39, 0.29) is 4.90 Å². The van der Waals surface area contributed by atoms with Crippen LogP contribution in [0.3, 0.4) is 0 Å². The van der Waals surface area contributed by atoms with E-state index in [1.807, 2.05) is 6.92 Å². The van der Waals surface area contributed by atoms with Crippen molar-refractivity contribution < 1.29 is 8.42 Å². The van der Waals surface area contributed by atoms with Gasteiger partial charge in [-0.25, -0.2) is 13.4 Å². The number of sulfonamides is 1. The number of rotatable bonds is 7. The molecule has 1 N–H and O–H groups in total. The molecule has 0 aliphatic heterocycles. The molecule has 1 rings (SSSR count). The third-order valence-electron chi connectivity index (χ3n) is 2.70. The number of anilines is 1. The number of nitrogens with zero attached hydrogens (tertiary/aromatic N) is 2. The largest absolute Gasteiger partial charge is 0.369 e. The molecule has 1 aromatic rings. The number of hydrogen-bond donors (Lipinski definition) is 1. The maximum absolute atomic E-state index is 12.3. The van der Waals surface area contributed by atoms with Gasteiger partial charge in [0.15, 0.2) is 0 Å². The summed E-state index contributed by atoms with van der Waals surface area (Å²) in [6, 6.07) is 1.44. The maximum atomic E-state index is 12.3. The van der Waals surface area contributed by atoms with Crippen LogP contribution in [0.5, 0.6) is 0 Å². The summed E-state index contributed by atoms with van der Waals surface area (Å²) in [4.78, 5) is 4.21. The molecule has 0 saturated carbocycles. The molecular weight excluding hydrogens is 286 g/mol. The Labute approximate surface area is 120 Å². The number of aromatic nitrogens is 1. The van der Waals surface area contributed by atoms with E-state index >= 15 is 0 Å². The van der Waals surface area contributed by atoms with Crippen molar-refractivity contribution in [3.05, 3.63) is 17.3 Å². The Morgan fingerprint density at radius 3 is 2.42 bits per heavy atom. The summed E-state index contributed by atoms with van der Waals surface area (Å²) in [6.45, 7) is 7.22. The van der Waals surface area contributed by atoms with E-state index in [1.54, 1.807) is 13.8 Å². The topological polar surface area (TPSA) is 62.3 Å². The first-order valence-electron chi connectivity index (χ1n) is 6.36. The fourth-order valence-corrected chi connectivity index (χ4v) is 3.38. The van der Waals surface area contributed by atoms with E-state index < -0.39 is 10.0 Å². The maximum Gasteiger partial charge on any atom is 0.244 e.